The number of nitrogens with one attached hydrogen (secondary N) is 2. The molecule has 1 aromatic carbocycles. The second-order valence-corrected chi connectivity index (χ2v) is 4.43. The van der Waals surface area contributed by atoms with Crippen LogP contribution in [0.25, 0.3) is 0 Å². The van der Waals surface area contributed by atoms with Gasteiger partial charge in [-0.2, -0.15) is 13.2 Å². The number of alkyl halides is 3. The molecule has 17 heavy (non-hydrogen) atoms. The Morgan fingerprint density at radius 2 is 1.88 bits per heavy atom. The number of halogens is 3. The van der Waals surface area contributed by atoms with Gasteiger partial charge in [-0.05, 0) is 26.0 Å². The molecule has 1 amide bonds. The zero-order chi connectivity index (χ0) is 12.8. The number of hydrogen-bond acceptors (Lipinski definition) is 2. The Hall–Kier alpha value is -1.72. The molecule has 0 spiro atoms. The molecular weight excluding hydrogens is 233 g/mol. The van der Waals surface area contributed by atoms with E-state index in [2.05, 4.69) is 10.6 Å². The molecule has 0 bridgehead atoms. The average Bonchev–Trinajstić information content (AvgIpc) is 2.16. The van der Waals surface area contributed by atoms with E-state index in [4.69, 9.17) is 0 Å². The number of carbonyl (C=O) groups excluding carboxylic acids is 1. The van der Waals surface area contributed by atoms with Crippen LogP contribution in [0.5, 0.6) is 0 Å². The van der Waals surface area contributed by atoms with E-state index in [-0.39, 0.29) is 11.4 Å². The average molecular weight is 244 g/mol. The minimum absolute atomic E-state index is 0.204. The molecule has 0 atom stereocenters. The summed E-state index contributed by atoms with van der Waals surface area (Å²) in [4.78, 5) is 11.6. The molecule has 0 radical (unpaired) electrons. The number of benzene rings is 1. The molecule has 2 rings (SSSR count). The molecule has 0 aliphatic carbocycles. The van der Waals surface area contributed by atoms with Crippen LogP contribution in [0, 0.1) is 0 Å². The van der Waals surface area contributed by atoms with Gasteiger partial charge in [-0.3, -0.25) is 4.79 Å². The van der Waals surface area contributed by atoms with E-state index in [1.165, 1.54) is 12.1 Å². The molecule has 6 heteroatoms. The van der Waals surface area contributed by atoms with Crippen LogP contribution in [-0.2, 0) is 11.0 Å². The van der Waals surface area contributed by atoms with E-state index in [1.54, 1.807) is 13.8 Å². The van der Waals surface area contributed by atoms with Gasteiger partial charge in [0, 0.05) is 0 Å². The Labute approximate surface area is 96.0 Å². The van der Waals surface area contributed by atoms with Gasteiger partial charge in [0.05, 0.1) is 16.9 Å². The van der Waals surface area contributed by atoms with E-state index in [0.717, 1.165) is 6.07 Å². The number of rotatable bonds is 0. The van der Waals surface area contributed by atoms with Crippen molar-refractivity contribution in [3.8, 4) is 0 Å². The third kappa shape index (κ3) is 1.94. The highest BCUT2D eigenvalue weighted by Crippen LogP contribution is 2.41. The van der Waals surface area contributed by atoms with Crippen molar-refractivity contribution in [1.29, 1.82) is 0 Å². The molecule has 1 aliphatic heterocycles. The van der Waals surface area contributed by atoms with Crippen LogP contribution in [0.15, 0.2) is 18.2 Å². The van der Waals surface area contributed by atoms with Gasteiger partial charge in [0.15, 0.2) is 0 Å². The lowest BCUT2D eigenvalue weighted by atomic mass is 9.98. The van der Waals surface area contributed by atoms with Gasteiger partial charge < -0.3 is 10.6 Å². The predicted octanol–water partition coefficient (Wildman–Crippen LogP) is 2.85. The van der Waals surface area contributed by atoms with Gasteiger partial charge in [0.25, 0.3) is 0 Å². The first kappa shape index (κ1) is 11.8. The standard InChI is InChI=1S/C11H11F3N2O/c1-10(2)9(17)15-8-6(11(12,13)14)4-3-5-7(8)16-10/h3-5,16H,1-2H3,(H,15,17). The normalized spacial score (nSPS) is 18.1. The second kappa shape index (κ2) is 3.38. The van der Waals surface area contributed by atoms with Gasteiger partial charge in [-0.25, -0.2) is 0 Å². The first-order valence-electron chi connectivity index (χ1n) is 5.02. The summed E-state index contributed by atoms with van der Waals surface area (Å²) in [7, 11) is 0. The fourth-order valence-electron chi connectivity index (χ4n) is 1.69. The van der Waals surface area contributed by atoms with Crippen molar-refractivity contribution in [2.75, 3.05) is 10.6 Å². The maximum atomic E-state index is 12.7. The van der Waals surface area contributed by atoms with Gasteiger partial charge in [0.2, 0.25) is 5.91 Å². The van der Waals surface area contributed by atoms with Crippen LogP contribution < -0.4 is 10.6 Å². The lowest BCUT2D eigenvalue weighted by molar-refractivity contribution is -0.137. The van der Waals surface area contributed by atoms with Crippen molar-refractivity contribution < 1.29 is 18.0 Å². The van der Waals surface area contributed by atoms with Crippen molar-refractivity contribution in [3.05, 3.63) is 23.8 Å². The fourth-order valence-corrected chi connectivity index (χ4v) is 1.69. The molecule has 0 saturated carbocycles. The SMILES string of the molecule is CC1(C)Nc2cccc(C(F)(F)F)c2NC1=O. The summed E-state index contributed by atoms with van der Waals surface area (Å²) in [5.74, 6) is -0.485. The lowest BCUT2D eigenvalue weighted by Crippen LogP contribution is -2.48. The summed E-state index contributed by atoms with van der Waals surface area (Å²) in [5, 5.41) is 5.09. The summed E-state index contributed by atoms with van der Waals surface area (Å²) >= 11 is 0. The van der Waals surface area contributed by atoms with Crippen LogP contribution in [0.2, 0.25) is 0 Å². The van der Waals surface area contributed by atoms with Gasteiger partial charge >= 0.3 is 6.18 Å². The summed E-state index contributed by atoms with van der Waals surface area (Å²) in [6.45, 7) is 3.21. The Bertz CT molecular complexity index is 480. The third-order valence-electron chi connectivity index (χ3n) is 2.62. The highest BCUT2D eigenvalue weighted by Gasteiger charge is 2.40. The fraction of sp³-hybridized carbons (Fsp3) is 0.364. The zero-order valence-electron chi connectivity index (χ0n) is 9.27. The first-order chi connectivity index (χ1) is 7.72. The smallest absolute Gasteiger partial charge is 0.370 e. The maximum absolute atomic E-state index is 12.7. The molecule has 0 fully saturated rings. The van der Waals surface area contributed by atoms with E-state index < -0.39 is 23.2 Å². The molecule has 92 valence electrons. The van der Waals surface area contributed by atoms with Gasteiger partial charge in [-0.1, -0.05) is 6.07 Å². The highest BCUT2D eigenvalue weighted by atomic mass is 19.4. The van der Waals surface area contributed by atoms with Crippen LogP contribution in [-0.4, -0.2) is 11.4 Å². The number of fused-ring (bicyclic) bond motifs is 1. The molecule has 3 nitrogen and oxygen atoms in total. The van der Waals surface area contributed by atoms with Crippen LogP contribution in [0.1, 0.15) is 19.4 Å². The first-order valence-corrected chi connectivity index (χ1v) is 5.02. The minimum atomic E-state index is -4.48. The Kier molecular flexibility index (Phi) is 2.34. The van der Waals surface area contributed by atoms with Crippen molar-refractivity contribution in [3.63, 3.8) is 0 Å². The third-order valence-corrected chi connectivity index (χ3v) is 2.62. The molecule has 0 aromatic heterocycles. The van der Waals surface area contributed by atoms with Crippen molar-refractivity contribution in [2.45, 2.75) is 25.6 Å². The predicted molar refractivity (Wildman–Crippen MR) is 57.8 cm³/mol. The molecule has 0 unspecified atom stereocenters. The number of hydrogen-bond donors (Lipinski definition) is 2. The van der Waals surface area contributed by atoms with Gasteiger partial charge in [-0.15, -0.1) is 0 Å². The van der Waals surface area contributed by atoms with Gasteiger partial charge in [0.1, 0.15) is 5.54 Å². The largest absolute Gasteiger partial charge is 0.418 e. The van der Waals surface area contributed by atoms with Crippen LogP contribution >= 0.6 is 0 Å². The molecule has 2 N–H and O–H groups in total. The van der Waals surface area contributed by atoms with Crippen LogP contribution in [0.3, 0.4) is 0 Å². The minimum Gasteiger partial charge on any atom is -0.370 e. The number of anilines is 2. The topological polar surface area (TPSA) is 41.1 Å². The maximum Gasteiger partial charge on any atom is 0.418 e. The summed E-state index contributed by atoms with van der Waals surface area (Å²) < 4.78 is 38.1. The summed E-state index contributed by atoms with van der Waals surface area (Å²) in [6.07, 6.45) is -4.48. The Morgan fingerprint density at radius 3 is 2.47 bits per heavy atom. The highest BCUT2D eigenvalue weighted by molar-refractivity contribution is 6.06. The van der Waals surface area contributed by atoms with Crippen molar-refractivity contribution in [2.24, 2.45) is 0 Å². The van der Waals surface area contributed by atoms with E-state index >= 15 is 0 Å². The van der Waals surface area contributed by atoms with Crippen molar-refractivity contribution in [1.82, 2.24) is 0 Å². The Morgan fingerprint density at radius 1 is 1.24 bits per heavy atom. The Balaban J connectivity index is 2.55. The van der Waals surface area contributed by atoms with Crippen LogP contribution in [0.4, 0.5) is 24.5 Å². The molecule has 1 aromatic rings. The molecule has 0 saturated heterocycles. The second-order valence-electron chi connectivity index (χ2n) is 4.43. The van der Waals surface area contributed by atoms with Crippen molar-refractivity contribution >= 4 is 17.3 Å². The summed E-state index contributed by atoms with van der Waals surface area (Å²) in [5.41, 5.74) is -1.68. The number of para-hydroxylation sites is 1. The lowest BCUT2D eigenvalue weighted by Gasteiger charge is -2.34. The molecule has 1 heterocycles. The van der Waals surface area contributed by atoms with E-state index in [1.807, 2.05) is 0 Å². The number of carbonyl (C=O) groups is 1. The quantitative estimate of drug-likeness (QED) is 0.736. The monoisotopic (exact) mass is 244 g/mol. The number of amides is 1. The molecule has 1 aliphatic rings. The van der Waals surface area contributed by atoms with E-state index in [9.17, 15) is 18.0 Å². The zero-order valence-corrected chi connectivity index (χ0v) is 9.27. The van der Waals surface area contributed by atoms with E-state index in [0.29, 0.717) is 0 Å². The summed E-state index contributed by atoms with van der Waals surface area (Å²) in [6, 6.07) is 3.76. The molecular formula is C11H11F3N2O.